The number of sulfone groups is 1. The molecule has 1 aliphatic heterocycles. The van der Waals surface area contributed by atoms with Crippen molar-refractivity contribution < 1.29 is 13.2 Å². The van der Waals surface area contributed by atoms with Crippen molar-refractivity contribution >= 4 is 44.1 Å². The minimum atomic E-state index is -4.08. The summed E-state index contributed by atoms with van der Waals surface area (Å²) in [5, 5.41) is 8.71. The van der Waals surface area contributed by atoms with E-state index >= 15 is 0 Å². The quantitative estimate of drug-likeness (QED) is 0.552. The molecule has 164 valence electrons. The lowest BCUT2D eigenvalue weighted by Crippen LogP contribution is -2.33. The summed E-state index contributed by atoms with van der Waals surface area (Å²) in [4.78, 5) is 12.3. The van der Waals surface area contributed by atoms with Crippen LogP contribution in [-0.4, -0.2) is 38.1 Å². The number of hydrogen-bond acceptors (Lipinski definition) is 4. The van der Waals surface area contributed by atoms with Gasteiger partial charge in [0.1, 0.15) is 0 Å². The number of carbonyl (C=O) groups is 1. The van der Waals surface area contributed by atoms with Crippen LogP contribution in [0.1, 0.15) is 11.5 Å². The molecule has 1 N–H and O–H groups in total. The monoisotopic (exact) mass is 487 g/mol. The van der Waals surface area contributed by atoms with Crippen molar-refractivity contribution in [1.82, 2.24) is 10.3 Å². The Hall–Kier alpha value is -2.87. The van der Waals surface area contributed by atoms with Gasteiger partial charge < -0.3 is 5.32 Å². The van der Waals surface area contributed by atoms with Gasteiger partial charge in [-0.05, 0) is 41.5 Å². The summed E-state index contributed by atoms with van der Waals surface area (Å²) in [7, 11) is -2.61. The van der Waals surface area contributed by atoms with Crippen molar-refractivity contribution in [3.63, 3.8) is 0 Å². The van der Waals surface area contributed by atoms with Crippen LogP contribution in [0.2, 0.25) is 10.0 Å². The van der Waals surface area contributed by atoms with Gasteiger partial charge in [0, 0.05) is 22.7 Å². The van der Waals surface area contributed by atoms with Crippen LogP contribution in [0.15, 0.2) is 82.8 Å². The van der Waals surface area contributed by atoms with E-state index in [4.69, 9.17) is 23.2 Å². The Bertz CT molecular complexity index is 1290. The number of rotatable bonds is 3. The van der Waals surface area contributed by atoms with Crippen LogP contribution in [0.5, 0.6) is 0 Å². The number of carbonyl (C=O) groups excluding carboxylic acids is 1. The molecule has 2 amide bonds. The van der Waals surface area contributed by atoms with Gasteiger partial charge in [-0.15, -0.1) is 0 Å². The Morgan fingerprint density at radius 3 is 2.31 bits per heavy atom. The zero-order chi connectivity index (χ0) is 22.9. The van der Waals surface area contributed by atoms with Crippen LogP contribution in [0.25, 0.3) is 11.1 Å². The number of hydrazone groups is 1. The number of nitrogens with zero attached hydrogens (tertiary/aromatic N) is 2. The fourth-order valence-corrected chi connectivity index (χ4v) is 5.64. The number of halogens is 2. The zero-order valence-electron chi connectivity index (χ0n) is 17.0. The molecule has 32 heavy (non-hydrogen) atoms. The van der Waals surface area contributed by atoms with Gasteiger partial charge >= 0.3 is 6.03 Å². The van der Waals surface area contributed by atoms with Gasteiger partial charge in [0.25, 0.3) is 0 Å². The molecular weight excluding hydrogens is 469 g/mol. The molecule has 0 aliphatic carbocycles. The Balaban J connectivity index is 1.87. The fraction of sp³-hybridized carbons (Fsp3) is 0.130. The number of urea groups is 1. The van der Waals surface area contributed by atoms with Crippen LogP contribution in [0.3, 0.4) is 0 Å². The van der Waals surface area contributed by atoms with Crippen LogP contribution in [0, 0.1) is 0 Å². The molecule has 6 nitrogen and oxygen atoms in total. The number of benzene rings is 3. The smallest absolute Gasteiger partial charge is 0.337 e. The van der Waals surface area contributed by atoms with E-state index in [1.54, 1.807) is 30.3 Å². The molecule has 0 saturated carbocycles. The molecule has 0 bridgehead atoms. The van der Waals surface area contributed by atoms with Crippen molar-refractivity contribution in [1.29, 1.82) is 0 Å². The summed E-state index contributed by atoms with van der Waals surface area (Å²) in [6, 6.07) is 20.1. The van der Waals surface area contributed by atoms with Gasteiger partial charge in [-0.2, -0.15) is 5.10 Å². The lowest BCUT2D eigenvalue weighted by molar-refractivity contribution is 0.206. The van der Waals surface area contributed by atoms with E-state index in [0.29, 0.717) is 21.2 Å². The molecular formula is C23H19Cl2N3O3S. The molecule has 3 aromatic carbocycles. The highest BCUT2D eigenvalue weighted by Crippen LogP contribution is 2.36. The zero-order valence-corrected chi connectivity index (χ0v) is 19.3. The molecule has 1 aliphatic rings. The van der Waals surface area contributed by atoms with Crippen molar-refractivity contribution in [2.24, 2.45) is 5.10 Å². The normalized spacial score (nSPS) is 16.0. The summed E-state index contributed by atoms with van der Waals surface area (Å²) >= 11 is 12.2. The molecule has 0 fully saturated rings. The van der Waals surface area contributed by atoms with Crippen molar-refractivity contribution in [2.75, 3.05) is 13.6 Å². The first kappa shape index (κ1) is 22.3. The van der Waals surface area contributed by atoms with Gasteiger partial charge in [-0.3, -0.25) is 0 Å². The summed E-state index contributed by atoms with van der Waals surface area (Å²) in [6.45, 7) is 0.113. The first-order valence-electron chi connectivity index (χ1n) is 9.74. The number of hydrogen-bond donors (Lipinski definition) is 1. The van der Waals surface area contributed by atoms with Crippen LogP contribution >= 0.6 is 23.2 Å². The van der Waals surface area contributed by atoms with E-state index in [0.717, 1.165) is 10.6 Å². The molecule has 1 unspecified atom stereocenters. The number of nitrogens with one attached hydrogen (secondary N) is 1. The maximum absolute atomic E-state index is 13.9. The molecule has 0 radical (unpaired) electrons. The summed E-state index contributed by atoms with van der Waals surface area (Å²) in [5.41, 5.74) is 1.83. The van der Waals surface area contributed by atoms with Crippen LogP contribution < -0.4 is 5.32 Å². The third-order valence-electron chi connectivity index (χ3n) is 5.18. The Kier molecular flexibility index (Phi) is 6.24. The highest BCUT2D eigenvalue weighted by molar-refractivity contribution is 8.06. The second-order valence-electron chi connectivity index (χ2n) is 7.19. The molecule has 1 heterocycles. The third kappa shape index (κ3) is 4.24. The standard InChI is InChI=1S/C23H19Cl2N3O3S/c1-26-23(29)28-14-20(15-5-3-2-4-6-15)22(27-28)32(30,31)21-12-11-18(25)13-19(21)16-7-9-17(24)10-8-16/h2-13,20H,14H2,1H3,(H,26,29). The summed E-state index contributed by atoms with van der Waals surface area (Å²) in [5.74, 6) is -0.604. The third-order valence-corrected chi connectivity index (χ3v) is 7.52. The van der Waals surface area contributed by atoms with E-state index < -0.39 is 21.8 Å². The van der Waals surface area contributed by atoms with Crippen molar-refractivity contribution in [3.8, 4) is 11.1 Å². The number of amides is 2. The van der Waals surface area contributed by atoms with E-state index in [1.165, 1.54) is 19.2 Å². The molecule has 9 heteroatoms. The minimum Gasteiger partial charge on any atom is -0.340 e. The van der Waals surface area contributed by atoms with Gasteiger partial charge in [0.05, 0.1) is 17.4 Å². The SMILES string of the molecule is CNC(=O)N1CC(c2ccccc2)C(S(=O)(=O)c2ccc(Cl)cc2-c2ccc(Cl)cc2)=N1. The van der Waals surface area contributed by atoms with Crippen LogP contribution in [0.4, 0.5) is 4.79 Å². The maximum Gasteiger partial charge on any atom is 0.337 e. The average molecular weight is 488 g/mol. The first-order valence-corrected chi connectivity index (χ1v) is 12.0. The van der Waals surface area contributed by atoms with Crippen molar-refractivity contribution in [2.45, 2.75) is 10.8 Å². The molecule has 1 atom stereocenters. The van der Waals surface area contributed by atoms with Gasteiger partial charge in [-0.1, -0.05) is 65.7 Å². The van der Waals surface area contributed by atoms with E-state index in [-0.39, 0.29) is 16.5 Å². The largest absolute Gasteiger partial charge is 0.340 e. The molecule has 3 aromatic rings. The molecule has 0 aromatic heterocycles. The fourth-order valence-electron chi connectivity index (χ4n) is 3.62. The Labute approximate surface area is 196 Å². The highest BCUT2D eigenvalue weighted by Gasteiger charge is 2.40. The molecule has 0 spiro atoms. The van der Waals surface area contributed by atoms with Gasteiger partial charge in [-0.25, -0.2) is 18.2 Å². The predicted molar refractivity (Wildman–Crippen MR) is 127 cm³/mol. The molecule has 0 saturated heterocycles. The van der Waals surface area contributed by atoms with E-state index in [9.17, 15) is 13.2 Å². The Morgan fingerprint density at radius 1 is 1.00 bits per heavy atom. The average Bonchev–Trinajstić information content (AvgIpc) is 3.26. The van der Waals surface area contributed by atoms with Crippen molar-refractivity contribution in [3.05, 3.63) is 88.4 Å². The lowest BCUT2D eigenvalue weighted by atomic mass is 10.0. The molecule has 4 rings (SSSR count). The lowest BCUT2D eigenvalue weighted by Gasteiger charge is -2.16. The maximum atomic E-state index is 13.9. The minimum absolute atomic E-state index is 0.0580. The predicted octanol–water partition coefficient (Wildman–Crippen LogP) is 5.19. The summed E-state index contributed by atoms with van der Waals surface area (Å²) in [6.07, 6.45) is 0. The first-order chi connectivity index (χ1) is 15.3. The Morgan fingerprint density at radius 2 is 1.66 bits per heavy atom. The second-order valence-corrected chi connectivity index (χ2v) is 9.93. The van der Waals surface area contributed by atoms with Gasteiger partial charge in [0.2, 0.25) is 9.84 Å². The topological polar surface area (TPSA) is 78.8 Å². The second kappa shape index (κ2) is 8.94. The van der Waals surface area contributed by atoms with E-state index in [1.807, 2.05) is 30.3 Å². The van der Waals surface area contributed by atoms with Gasteiger partial charge in [0.15, 0.2) is 5.04 Å². The van der Waals surface area contributed by atoms with E-state index in [2.05, 4.69) is 10.4 Å². The highest BCUT2D eigenvalue weighted by atomic mass is 35.5. The summed E-state index contributed by atoms with van der Waals surface area (Å²) < 4.78 is 27.8. The van der Waals surface area contributed by atoms with Crippen LogP contribution in [-0.2, 0) is 9.84 Å².